The fourth-order valence-corrected chi connectivity index (χ4v) is 1.32. The van der Waals surface area contributed by atoms with Crippen LogP contribution >= 0.6 is 11.6 Å². The second kappa shape index (κ2) is 3.24. The number of halogens is 1. The Hall–Kier alpha value is -0.530. The first-order valence-corrected chi connectivity index (χ1v) is 4.01. The lowest BCUT2D eigenvalue weighted by molar-refractivity contribution is 0.817. The summed E-state index contributed by atoms with van der Waals surface area (Å²) in [6, 6.07) is 5.93. The molecule has 0 amide bonds. The van der Waals surface area contributed by atoms with E-state index >= 15 is 0 Å². The Labute approximate surface area is 72.2 Å². The summed E-state index contributed by atoms with van der Waals surface area (Å²) in [5.41, 5.74) is 7.80. The highest BCUT2D eigenvalue weighted by Crippen LogP contribution is 2.24. The molecule has 0 bridgehead atoms. The van der Waals surface area contributed by atoms with E-state index in [9.17, 15) is 0 Å². The van der Waals surface area contributed by atoms with E-state index in [-0.39, 0.29) is 6.04 Å². The molecule has 11 heavy (non-hydrogen) atoms. The monoisotopic (exact) mass is 169 g/mol. The average molecular weight is 170 g/mol. The van der Waals surface area contributed by atoms with Gasteiger partial charge in [-0.1, -0.05) is 29.8 Å². The van der Waals surface area contributed by atoms with Crippen molar-refractivity contribution in [3.63, 3.8) is 0 Å². The van der Waals surface area contributed by atoms with E-state index in [4.69, 9.17) is 17.3 Å². The molecule has 0 aliphatic rings. The molecule has 0 saturated carbocycles. The van der Waals surface area contributed by atoms with Gasteiger partial charge in [-0.25, -0.2) is 0 Å². The van der Waals surface area contributed by atoms with Crippen molar-refractivity contribution in [2.45, 2.75) is 19.9 Å². The molecule has 0 fully saturated rings. The van der Waals surface area contributed by atoms with E-state index in [1.807, 2.05) is 32.0 Å². The van der Waals surface area contributed by atoms with Gasteiger partial charge >= 0.3 is 0 Å². The molecule has 0 heterocycles. The summed E-state index contributed by atoms with van der Waals surface area (Å²) in [6.07, 6.45) is 0. The molecule has 1 atom stereocenters. The van der Waals surface area contributed by atoms with Crippen LogP contribution in [0.25, 0.3) is 0 Å². The van der Waals surface area contributed by atoms with Gasteiger partial charge in [0, 0.05) is 11.1 Å². The van der Waals surface area contributed by atoms with Crippen molar-refractivity contribution in [2.24, 2.45) is 5.73 Å². The first-order chi connectivity index (χ1) is 5.13. The lowest BCUT2D eigenvalue weighted by Crippen LogP contribution is -2.05. The maximum Gasteiger partial charge on any atom is 0.0482 e. The average Bonchev–Trinajstić information content (AvgIpc) is 1.94. The lowest BCUT2D eigenvalue weighted by Gasteiger charge is -2.09. The summed E-state index contributed by atoms with van der Waals surface area (Å²) in [7, 11) is 0. The van der Waals surface area contributed by atoms with Crippen molar-refractivity contribution >= 4 is 11.6 Å². The Morgan fingerprint density at radius 2 is 2.09 bits per heavy atom. The predicted octanol–water partition coefficient (Wildman–Crippen LogP) is 2.67. The molecule has 2 heteroatoms. The zero-order valence-electron chi connectivity index (χ0n) is 6.76. The van der Waals surface area contributed by atoms with Crippen LogP contribution in [0.4, 0.5) is 0 Å². The molecule has 60 valence electrons. The second-order valence-electron chi connectivity index (χ2n) is 2.77. The van der Waals surface area contributed by atoms with Gasteiger partial charge in [0.2, 0.25) is 0 Å². The molecule has 0 saturated heterocycles. The molecule has 1 aromatic rings. The van der Waals surface area contributed by atoms with Crippen molar-refractivity contribution in [3.05, 3.63) is 34.3 Å². The van der Waals surface area contributed by atoms with Crippen molar-refractivity contribution < 1.29 is 0 Å². The molecule has 1 aromatic carbocycles. The molecule has 0 aliphatic heterocycles. The van der Waals surface area contributed by atoms with Crippen molar-refractivity contribution in [1.82, 2.24) is 0 Å². The minimum Gasteiger partial charge on any atom is -0.324 e. The Morgan fingerprint density at radius 1 is 1.45 bits per heavy atom. The fourth-order valence-electron chi connectivity index (χ4n) is 1.02. The Morgan fingerprint density at radius 3 is 2.55 bits per heavy atom. The highest BCUT2D eigenvalue weighted by Gasteiger charge is 2.05. The smallest absolute Gasteiger partial charge is 0.0482 e. The van der Waals surface area contributed by atoms with E-state index in [2.05, 4.69) is 0 Å². The van der Waals surface area contributed by atoms with E-state index in [0.29, 0.717) is 0 Å². The first kappa shape index (κ1) is 8.57. The van der Waals surface area contributed by atoms with E-state index in [1.165, 1.54) is 0 Å². The predicted molar refractivity (Wildman–Crippen MR) is 48.8 cm³/mol. The summed E-state index contributed by atoms with van der Waals surface area (Å²) in [4.78, 5) is 0. The standard InChI is InChI=1S/C9H12ClN/c1-6-4-3-5-8(7(2)11)9(6)10/h3-5,7H,11H2,1-2H3/t7-/m0/s1. The van der Waals surface area contributed by atoms with E-state index < -0.39 is 0 Å². The molecule has 0 aliphatic carbocycles. The van der Waals surface area contributed by atoms with E-state index in [1.54, 1.807) is 0 Å². The van der Waals surface area contributed by atoms with Crippen molar-refractivity contribution in [3.8, 4) is 0 Å². The van der Waals surface area contributed by atoms with Gasteiger partial charge in [0.05, 0.1) is 0 Å². The fraction of sp³-hybridized carbons (Fsp3) is 0.333. The van der Waals surface area contributed by atoms with Crippen LogP contribution in [0, 0.1) is 6.92 Å². The Balaban J connectivity index is 3.17. The number of rotatable bonds is 1. The SMILES string of the molecule is Cc1cccc([C@H](C)N)c1Cl. The van der Waals surface area contributed by atoms with Gasteiger partial charge in [-0.3, -0.25) is 0 Å². The molecule has 1 rings (SSSR count). The number of nitrogens with two attached hydrogens (primary N) is 1. The summed E-state index contributed by atoms with van der Waals surface area (Å²) in [5.74, 6) is 0. The normalized spacial score (nSPS) is 13.1. The van der Waals surface area contributed by atoms with Gasteiger partial charge in [0.25, 0.3) is 0 Å². The highest BCUT2D eigenvalue weighted by molar-refractivity contribution is 6.32. The minimum atomic E-state index is 0.0161. The van der Waals surface area contributed by atoms with Crippen LogP contribution in [0.5, 0.6) is 0 Å². The van der Waals surface area contributed by atoms with Crippen molar-refractivity contribution in [1.29, 1.82) is 0 Å². The van der Waals surface area contributed by atoms with Gasteiger partial charge in [0.1, 0.15) is 0 Å². The van der Waals surface area contributed by atoms with Crippen molar-refractivity contribution in [2.75, 3.05) is 0 Å². The zero-order valence-corrected chi connectivity index (χ0v) is 7.52. The molecule has 0 radical (unpaired) electrons. The number of aryl methyl sites for hydroxylation is 1. The Kier molecular flexibility index (Phi) is 2.53. The minimum absolute atomic E-state index is 0.0161. The van der Waals surface area contributed by atoms with E-state index in [0.717, 1.165) is 16.1 Å². The Bertz CT molecular complexity index is 256. The third kappa shape index (κ3) is 1.73. The largest absolute Gasteiger partial charge is 0.324 e. The highest BCUT2D eigenvalue weighted by atomic mass is 35.5. The van der Waals surface area contributed by atoms with Crippen LogP contribution in [-0.4, -0.2) is 0 Å². The zero-order chi connectivity index (χ0) is 8.43. The van der Waals surface area contributed by atoms with Crippen LogP contribution in [0.1, 0.15) is 24.1 Å². The quantitative estimate of drug-likeness (QED) is 0.688. The third-order valence-electron chi connectivity index (χ3n) is 1.71. The maximum atomic E-state index is 6.01. The second-order valence-corrected chi connectivity index (χ2v) is 3.14. The summed E-state index contributed by atoms with van der Waals surface area (Å²) in [5, 5.41) is 0.794. The topological polar surface area (TPSA) is 26.0 Å². The van der Waals surface area contributed by atoms with Gasteiger partial charge in [-0.05, 0) is 25.0 Å². The number of benzene rings is 1. The van der Waals surface area contributed by atoms with Gasteiger partial charge in [0.15, 0.2) is 0 Å². The molecule has 0 spiro atoms. The first-order valence-electron chi connectivity index (χ1n) is 3.63. The number of hydrogen-bond acceptors (Lipinski definition) is 1. The summed E-state index contributed by atoms with van der Waals surface area (Å²) in [6.45, 7) is 3.91. The molecule has 1 nitrogen and oxygen atoms in total. The molecule has 2 N–H and O–H groups in total. The van der Waals surface area contributed by atoms with Crippen LogP contribution in [-0.2, 0) is 0 Å². The maximum absolute atomic E-state index is 6.01. The molecular weight excluding hydrogens is 158 g/mol. The van der Waals surface area contributed by atoms with Gasteiger partial charge in [-0.2, -0.15) is 0 Å². The van der Waals surface area contributed by atoms with Gasteiger partial charge in [-0.15, -0.1) is 0 Å². The molecular formula is C9H12ClN. The third-order valence-corrected chi connectivity index (χ3v) is 2.23. The molecule has 0 aromatic heterocycles. The van der Waals surface area contributed by atoms with Crippen LogP contribution < -0.4 is 5.73 Å². The van der Waals surface area contributed by atoms with Crippen LogP contribution in [0.15, 0.2) is 18.2 Å². The van der Waals surface area contributed by atoms with Gasteiger partial charge < -0.3 is 5.73 Å². The summed E-state index contributed by atoms with van der Waals surface area (Å²) < 4.78 is 0. The lowest BCUT2D eigenvalue weighted by atomic mass is 10.1. The molecule has 0 unspecified atom stereocenters. The summed E-state index contributed by atoms with van der Waals surface area (Å²) >= 11 is 6.01. The van der Waals surface area contributed by atoms with Crippen LogP contribution in [0.3, 0.4) is 0 Å². The number of hydrogen-bond donors (Lipinski definition) is 1. The van der Waals surface area contributed by atoms with Crippen LogP contribution in [0.2, 0.25) is 5.02 Å².